The van der Waals surface area contributed by atoms with E-state index in [2.05, 4.69) is 121 Å². The van der Waals surface area contributed by atoms with Gasteiger partial charge in [0.25, 0.3) is 0 Å². The second kappa shape index (κ2) is 15.7. The van der Waals surface area contributed by atoms with Crippen LogP contribution in [0.1, 0.15) is 67.5 Å². The van der Waals surface area contributed by atoms with Crippen LogP contribution in [-0.2, 0) is 11.6 Å². The maximum Gasteiger partial charge on any atom is 0.218 e. The first-order valence-corrected chi connectivity index (χ1v) is 23.4. The molecule has 0 spiro atoms. The molecular formula is C64H44O5. The Labute approximate surface area is 399 Å². The van der Waals surface area contributed by atoms with E-state index >= 15 is 0 Å². The summed E-state index contributed by atoms with van der Waals surface area (Å²) >= 11 is 0. The normalized spacial score (nSPS) is 14.8. The van der Waals surface area contributed by atoms with Crippen LogP contribution in [0.2, 0.25) is 0 Å². The zero-order valence-electron chi connectivity index (χ0n) is 37.3. The van der Waals surface area contributed by atoms with Crippen LogP contribution >= 0.6 is 0 Å². The average molecular weight is 893 g/mol. The van der Waals surface area contributed by atoms with E-state index < -0.39 is 11.6 Å². The van der Waals surface area contributed by atoms with Gasteiger partial charge in [0.15, 0.2) is 0 Å². The van der Waals surface area contributed by atoms with Crippen molar-refractivity contribution in [3.05, 3.63) is 286 Å². The van der Waals surface area contributed by atoms with E-state index in [1.165, 1.54) is 0 Å². The summed E-state index contributed by atoms with van der Waals surface area (Å²) in [6.45, 7) is 0. The van der Waals surface area contributed by atoms with E-state index in [1.54, 1.807) is 12.1 Å². The lowest BCUT2D eigenvalue weighted by Gasteiger charge is -2.23. The number of para-hydroxylation sites is 2. The predicted molar refractivity (Wildman–Crippen MR) is 274 cm³/mol. The van der Waals surface area contributed by atoms with Crippen LogP contribution in [-0.4, -0.2) is 20.4 Å². The summed E-state index contributed by atoms with van der Waals surface area (Å²) in [6.07, 6.45) is 0. The molecule has 0 aliphatic heterocycles. The van der Waals surface area contributed by atoms with Crippen molar-refractivity contribution >= 4 is 21.9 Å². The fourth-order valence-electron chi connectivity index (χ4n) is 11.3. The van der Waals surface area contributed by atoms with E-state index in [0.717, 1.165) is 99.8 Å². The monoisotopic (exact) mass is 892 g/mol. The molecule has 0 fully saturated rings. The van der Waals surface area contributed by atoms with Crippen LogP contribution in [0.3, 0.4) is 0 Å². The Hall–Kier alpha value is -8.16. The molecule has 2 aliphatic rings. The van der Waals surface area contributed by atoms with Gasteiger partial charge < -0.3 is 24.8 Å². The lowest BCUT2D eigenvalue weighted by atomic mass is 9.83. The number of furan rings is 1. The Balaban J connectivity index is 0.848. The molecule has 5 heteroatoms. The second-order valence-corrected chi connectivity index (χ2v) is 18.4. The van der Waals surface area contributed by atoms with E-state index in [0.29, 0.717) is 22.3 Å². The van der Waals surface area contributed by atoms with Crippen LogP contribution in [0.5, 0.6) is 0 Å². The van der Waals surface area contributed by atoms with E-state index in [4.69, 9.17) is 4.42 Å². The quantitative estimate of drug-likeness (QED) is 0.0901. The summed E-state index contributed by atoms with van der Waals surface area (Å²) in [5.74, 6) is -4.48. The standard InChI is InChI=1S/C64H44O5/c65-63(66)55-23-9-7-17-49(55)51-35-33-45(37-57(51)63)59(41-13-3-1-4-14-41)43-29-25-39(26-30-43)47-19-11-21-53-54-22-12-20-48(62(54)69-61(47)53)40-27-31-44(32-28-40)60(42-15-5-2-6-16-42)46-34-36-52-50-18-8-10-24-56(50)64(67,68)58(52)38-46/h1-38,59-60,65-68H. The third kappa shape index (κ3) is 6.47. The molecule has 4 N–H and O–H groups in total. The lowest BCUT2D eigenvalue weighted by molar-refractivity contribution is -0.129. The van der Waals surface area contributed by atoms with Crippen molar-refractivity contribution < 1.29 is 24.8 Å². The van der Waals surface area contributed by atoms with Crippen LogP contribution < -0.4 is 0 Å². The minimum Gasteiger partial charge on any atom is -0.455 e. The molecule has 0 radical (unpaired) electrons. The predicted octanol–water partition coefficient (Wildman–Crippen LogP) is 13.6. The highest BCUT2D eigenvalue weighted by molar-refractivity contribution is 6.13. The number of aliphatic hydroxyl groups is 4. The van der Waals surface area contributed by atoms with E-state index in [9.17, 15) is 20.4 Å². The first-order valence-electron chi connectivity index (χ1n) is 23.4. The highest BCUT2D eigenvalue weighted by Crippen LogP contribution is 2.50. The molecule has 0 amide bonds. The van der Waals surface area contributed by atoms with Gasteiger partial charge in [-0.2, -0.15) is 0 Å². The van der Waals surface area contributed by atoms with Gasteiger partial charge in [-0.15, -0.1) is 0 Å². The summed E-state index contributed by atoms with van der Waals surface area (Å²) < 4.78 is 6.94. The first-order chi connectivity index (χ1) is 33.7. The Kier molecular flexibility index (Phi) is 9.35. The van der Waals surface area contributed by atoms with Crippen molar-refractivity contribution in [2.24, 2.45) is 0 Å². The van der Waals surface area contributed by atoms with Crippen molar-refractivity contribution in [2.75, 3.05) is 0 Å². The summed E-state index contributed by atoms with van der Waals surface area (Å²) in [6, 6.07) is 77.8. The van der Waals surface area contributed by atoms with Gasteiger partial charge in [-0.1, -0.05) is 218 Å². The van der Waals surface area contributed by atoms with Gasteiger partial charge >= 0.3 is 0 Å². The van der Waals surface area contributed by atoms with E-state index in [-0.39, 0.29) is 11.8 Å². The molecule has 13 rings (SSSR count). The molecule has 2 atom stereocenters. The van der Waals surface area contributed by atoms with Crippen LogP contribution in [0.25, 0.3) is 66.4 Å². The van der Waals surface area contributed by atoms with Crippen LogP contribution in [0, 0.1) is 0 Å². The zero-order chi connectivity index (χ0) is 46.4. The van der Waals surface area contributed by atoms with Crippen molar-refractivity contribution in [2.45, 2.75) is 23.4 Å². The third-order valence-electron chi connectivity index (χ3n) is 14.6. The van der Waals surface area contributed by atoms with Gasteiger partial charge in [0.05, 0.1) is 0 Å². The van der Waals surface area contributed by atoms with Crippen molar-refractivity contribution in [1.82, 2.24) is 0 Å². The summed E-state index contributed by atoms with van der Waals surface area (Å²) in [4.78, 5) is 0. The molecular weight excluding hydrogens is 849 g/mol. The largest absolute Gasteiger partial charge is 0.455 e. The van der Waals surface area contributed by atoms with Gasteiger partial charge in [0.1, 0.15) is 11.2 Å². The highest BCUT2D eigenvalue weighted by Gasteiger charge is 2.42. The van der Waals surface area contributed by atoms with Crippen molar-refractivity contribution in [3.63, 3.8) is 0 Å². The fraction of sp³-hybridized carbons (Fsp3) is 0.0625. The summed E-state index contributed by atoms with van der Waals surface area (Å²) in [5.41, 5.74) is 17.3. The van der Waals surface area contributed by atoms with Gasteiger partial charge in [-0.3, -0.25) is 0 Å². The second-order valence-electron chi connectivity index (χ2n) is 18.4. The number of benzene rings is 10. The molecule has 1 aromatic heterocycles. The smallest absolute Gasteiger partial charge is 0.218 e. The first kappa shape index (κ1) is 41.1. The van der Waals surface area contributed by atoms with Gasteiger partial charge in [-0.25, -0.2) is 0 Å². The molecule has 2 unspecified atom stereocenters. The number of hydrogen-bond donors (Lipinski definition) is 4. The molecule has 11 aromatic rings. The lowest BCUT2D eigenvalue weighted by Crippen LogP contribution is -2.23. The van der Waals surface area contributed by atoms with E-state index in [1.807, 2.05) is 97.1 Å². The maximum atomic E-state index is 11.4. The summed E-state index contributed by atoms with van der Waals surface area (Å²) in [7, 11) is 0. The molecule has 5 nitrogen and oxygen atoms in total. The molecule has 0 saturated heterocycles. The third-order valence-corrected chi connectivity index (χ3v) is 14.6. The van der Waals surface area contributed by atoms with Crippen molar-refractivity contribution in [3.8, 4) is 44.5 Å². The Bertz CT molecular complexity index is 3530. The zero-order valence-corrected chi connectivity index (χ0v) is 37.3. The maximum absolute atomic E-state index is 11.4. The number of hydrogen-bond acceptors (Lipinski definition) is 5. The highest BCUT2D eigenvalue weighted by atomic mass is 16.5. The average Bonchev–Trinajstić information content (AvgIpc) is 3.97. The molecule has 0 bridgehead atoms. The molecule has 0 saturated carbocycles. The molecule has 69 heavy (non-hydrogen) atoms. The number of fused-ring (bicyclic) bond motifs is 9. The summed E-state index contributed by atoms with van der Waals surface area (Å²) in [5, 5.41) is 47.8. The molecule has 330 valence electrons. The van der Waals surface area contributed by atoms with Crippen LogP contribution in [0.15, 0.2) is 235 Å². The van der Waals surface area contributed by atoms with Gasteiger partial charge in [-0.05, 0) is 78.9 Å². The minimum atomic E-state index is -2.08. The Morgan fingerprint density at radius 3 is 1.03 bits per heavy atom. The van der Waals surface area contributed by atoms with Gasteiger partial charge in [0, 0.05) is 56.0 Å². The fourth-order valence-corrected chi connectivity index (χ4v) is 11.3. The minimum absolute atomic E-state index is 0.157. The molecule has 1 heterocycles. The Morgan fingerprint density at radius 2 is 0.609 bits per heavy atom. The molecule has 10 aromatic carbocycles. The van der Waals surface area contributed by atoms with Gasteiger partial charge in [0.2, 0.25) is 11.6 Å². The Morgan fingerprint density at radius 1 is 0.275 bits per heavy atom. The van der Waals surface area contributed by atoms with Crippen molar-refractivity contribution in [1.29, 1.82) is 0 Å². The SMILES string of the molecule is OC1(O)c2ccccc2-c2ccc(C(c3ccccc3)c3ccc(-c4cccc5c4oc4c(-c6ccc(C(c7ccccc7)c7ccc8c(c7)C(O)(O)c7ccccc7-8)cc6)cccc45)cc3)cc21. The number of rotatable bonds is 8. The van der Waals surface area contributed by atoms with Crippen LogP contribution in [0.4, 0.5) is 0 Å². The molecule has 2 aliphatic carbocycles. The topological polar surface area (TPSA) is 94.1 Å².